The third kappa shape index (κ3) is 3.60. The molecule has 2 N–H and O–H groups in total. The molecule has 3 aromatic rings. The van der Waals surface area contributed by atoms with Gasteiger partial charge in [0, 0.05) is 32.6 Å². The highest BCUT2D eigenvalue weighted by atomic mass is 32.1. The third-order valence-electron chi connectivity index (χ3n) is 4.39. The molecule has 4 rings (SSSR count). The van der Waals surface area contributed by atoms with Gasteiger partial charge in [0.2, 0.25) is 5.95 Å². The van der Waals surface area contributed by atoms with Gasteiger partial charge in [0.15, 0.2) is 5.82 Å². The van der Waals surface area contributed by atoms with Gasteiger partial charge in [-0.1, -0.05) is 12.1 Å². The molecule has 1 aliphatic rings. The minimum absolute atomic E-state index is 0.0585. The van der Waals surface area contributed by atoms with Crippen LogP contribution in [0.15, 0.2) is 36.7 Å². The molecule has 0 spiro atoms. The van der Waals surface area contributed by atoms with E-state index < -0.39 is 5.82 Å². The van der Waals surface area contributed by atoms with Crippen LogP contribution in [0.2, 0.25) is 0 Å². The topological polar surface area (TPSA) is 71.2 Å². The Balaban J connectivity index is 1.36. The molecule has 1 atom stereocenters. The summed E-state index contributed by atoms with van der Waals surface area (Å²) in [6, 6.07) is 8.15. The highest BCUT2D eigenvalue weighted by Crippen LogP contribution is 2.23. The monoisotopic (exact) mass is 358 g/mol. The number of rotatable bonds is 4. The molecule has 25 heavy (non-hydrogen) atoms. The molecule has 1 saturated heterocycles. The van der Waals surface area contributed by atoms with E-state index in [2.05, 4.69) is 30.8 Å². The number of benzene rings is 1. The molecule has 1 fully saturated rings. The summed E-state index contributed by atoms with van der Waals surface area (Å²) < 4.78 is 14.1. The minimum atomic E-state index is -0.416. The van der Waals surface area contributed by atoms with Gasteiger partial charge in [-0.15, -0.1) is 11.3 Å². The van der Waals surface area contributed by atoms with E-state index in [0.717, 1.165) is 43.1 Å². The van der Waals surface area contributed by atoms with Crippen LogP contribution in [0.1, 0.15) is 5.01 Å². The Labute approximate surface area is 149 Å². The van der Waals surface area contributed by atoms with Crippen molar-refractivity contribution in [2.24, 2.45) is 5.73 Å². The second kappa shape index (κ2) is 6.99. The molecule has 8 heteroatoms. The maximum atomic E-state index is 12.9. The van der Waals surface area contributed by atoms with Crippen LogP contribution >= 0.6 is 11.3 Å². The lowest BCUT2D eigenvalue weighted by atomic mass is 10.2. The maximum Gasteiger partial charge on any atom is 0.225 e. The lowest BCUT2D eigenvalue weighted by Crippen LogP contribution is -2.54. The van der Waals surface area contributed by atoms with Gasteiger partial charge in [0.1, 0.15) is 0 Å². The zero-order valence-corrected chi connectivity index (χ0v) is 14.5. The number of para-hydroxylation sites is 1. The second-order valence-corrected chi connectivity index (χ2v) is 7.19. The van der Waals surface area contributed by atoms with Crippen LogP contribution in [-0.4, -0.2) is 52.2 Å². The molecule has 1 aromatic carbocycles. The molecule has 0 aliphatic carbocycles. The number of halogens is 1. The van der Waals surface area contributed by atoms with Crippen molar-refractivity contribution in [2.75, 3.05) is 31.1 Å². The highest BCUT2D eigenvalue weighted by molar-refractivity contribution is 7.18. The third-order valence-corrected chi connectivity index (χ3v) is 5.45. The first-order valence-electron chi connectivity index (χ1n) is 8.25. The standard InChI is InChI=1S/C17H19FN6S/c18-12-10-20-17(21-11-12)24-7-5-23(6-8-24)15(19)9-16-22-13-3-1-2-4-14(13)25-16/h1-4,10-11,15H,5-9,19H2. The van der Waals surface area contributed by atoms with Crippen LogP contribution in [0, 0.1) is 5.82 Å². The van der Waals surface area contributed by atoms with Crippen LogP contribution in [0.4, 0.5) is 10.3 Å². The van der Waals surface area contributed by atoms with Gasteiger partial charge in [-0.2, -0.15) is 0 Å². The van der Waals surface area contributed by atoms with E-state index in [1.165, 1.54) is 17.1 Å². The number of nitrogens with two attached hydrogens (primary N) is 1. The quantitative estimate of drug-likeness (QED) is 0.768. The van der Waals surface area contributed by atoms with Crippen LogP contribution in [0.3, 0.4) is 0 Å². The van der Waals surface area contributed by atoms with E-state index in [0.29, 0.717) is 5.95 Å². The zero-order valence-electron chi connectivity index (χ0n) is 13.7. The summed E-state index contributed by atoms with van der Waals surface area (Å²) in [7, 11) is 0. The summed E-state index contributed by atoms with van der Waals surface area (Å²) in [5, 5.41) is 1.07. The normalized spacial score (nSPS) is 17.1. The first kappa shape index (κ1) is 16.3. The maximum absolute atomic E-state index is 12.9. The summed E-state index contributed by atoms with van der Waals surface area (Å²) in [4.78, 5) is 17.1. The zero-order chi connectivity index (χ0) is 17.2. The van der Waals surface area contributed by atoms with E-state index in [9.17, 15) is 4.39 Å². The fraction of sp³-hybridized carbons (Fsp3) is 0.353. The van der Waals surface area contributed by atoms with Gasteiger partial charge in [0.05, 0.1) is 33.8 Å². The fourth-order valence-corrected chi connectivity index (χ4v) is 4.05. The molecule has 0 radical (unpaired) electrons. The Morgan fingerprint density at radius 1 is 1.12 bits per heavy atom. The van der Waals surface area contributed by atoms with Gasteiger partial charge in [-0.05, 0) is 12.1 Å². The number of aromatic nitrogens is 3. The lowest BCUT2D eigenvalue weighted by molar-refractivity contribution is 0.186. The number of thiazole rings is 1. The van der Waals surface area contributed by atoms with Crippen LogP contribution in [0.25, 0.3) is 10.2 Å². The molecule has 2 aromatic heterocycles. The van der Waals surface area contributed by atoms with Crippen molar-refractivity contribution >= 4 is 27.5 Å². The molecule has 0 saturated carbocycles. The summed E-state index contributed by atoms with van der Waals surface area (Å²) >= 11 is 1.70. The largest absolute Gasteiger partial charge is 0.338 e. The van der Waals surface area contributed by atoms with Crippen LogP contribution in [-0.2, 0) is 6.42 Å². The molecule has 0 bridgehead atoms. The van der Waals surface area contributed by atoms with Crippen molar-refractivity contribution in [3.8, 4) is 0 Å². The summed E-state index contributed by atoms with van der Waals surface area (Å²) in [5.41, 5.74) is 7.43. The predicted molar refractivity (Wildman–Crippen MR) is 97.1 cm³/mol. The molecule has 6 nitrogen and oxygen atoms in total. The molecular weight excluding hydrogens is 339 g/mol. The molecule has 130 valence electrons. The summed E-state index contributed by atoms with van der Waals surface area (Å²) in [6.07, 6.45) is 3.09. The van der Waals surface area contributed by atoms with Crippen molar-refractivity contribution in [2.45, 2.75) is 12.6 Å². The van der Waals surface area contributed by atoms with E-state index in [-0.39, 0.29) is 6.17 Å². The van der Waals surface area contributed by atoms with E-state index in [1.54, 1.807) is 11.3 Å². The summed E-state index contributed by atoms with van der Waals surface area (Å²) in [5.74, 6) is 0.154. The van der Waals surface area contributed by atoms with E-state index >= 15 is 0 Å². The Morgan fingerprint density at radius 2 is 1.84 bits per heavy atom. The van der Waals surface area contributed by atoms with Gasteiger partial charge in [-0.25, -0.2) is 19.3 Å². The van der Waals surface area contributed by atoms with Gasteiger partial charge in [0.25, 0.3) is 0 Å². The van der Waals surface area contributed by atoms with E-state index in [4.69, 9.17) is 5.73 Å². The smallest absolute Gasteiger partial charge is 0.225 e. The van der Waals surface area contributed by atoms with Crippen molar-refractivity contribution < 1.29 is 4.39 Å². The summed E-state index contributed by atoms with van der Waals surface area (Å²) in [6.45, 7) is 3.21. The van der Waals surface area contributed by atoms with Gasteiger partial charge < -0.3 is 10.6 Å². The van der Waals surface area contributed by atoms with Crippen molar-refractivity contribution in [3.05, 3.63) is 47.5 Å². The Bertz CT molecular complexity index is 811. The van der Waals surface area contributed by atoms with Crippen LogP contribution in [0.5, 0.6) is 0 Å². The van der Waals surface area contributed by atoms with E-state index in [1.807, 2.05) is 18.2 Å². The van der Waals surface area contributed by atoms with Crippen molar-refractivity contribution in [3.63, 3.8) is 0 Å². The lowest BCUT2D eigenvalue weighted by Gasteiger charge is -2.37. The predicted octanol–water partition coefficient (Wildman–Crippen LogP) is 1.87. The van der Waals surface area contributed by atoms with Gasteiger partial charge in [-0.3, -0.25) is 4.90 Å². The number of hydrogen-bond donors (Lipinski definition) is 1. The first-order chi connectivity index (χ1) is 12.2. The number of fused-ring (bicyclic) bond motifs is 1. The molecule has 1 unspecified atom stereocenters. The average molecular weight is 358 g/mol. The number of nitrogens with zero attached hydrogens (tertiary/aromatic N) is 5. The molecule has 3 heterocycles. The first-order valence-corrected chi connectivity index (χ1v) is 9.07. The number of hydrogen-bond acceptors (Lipinski definition) is 7. The second-order valence-electron chi connectivity index (χ2n) is 6.07. The average Bonchev–Trinajstić information content (AvgIpc) is 3.05. The Kier molecular flexibility index (Phi) is 4.56. The Morgan fingerprint density at radius 3 is 2.56 bits per heavy atom. The number of piperazine rings is 1. The van der Waals surface area contributed by atoms with Crippen molar-refractivity contribution in [1.82, 2.24) is 19.9 Å². The fourth-order valence-electron chi connectivity index (χ4n) is 3.04. The number of anilines is 1. The van der Waals surface area contributed by atoms with Crippen LogP contribution < -0.4 is 10.6 Å². The molecule has 1 aliphatic heterocycles. The molecular formula is C17H19FN6S. The minimum Gasteiger partial charge on any atom is -0.338 e. The Hall–Kier alpha value is -2.16. The molecule has 0 amide bonds. The van der Waals surface area contributed by atoms with Gasteiger partial charge >= 0.3 is 0 Å². The highest BCUT2D eigenvalue weighted by Gasteiger charge is 2.23. The van der Waals surface area contributed by atoms with Crippen molar-refractivity contribution in [1.29, 1.82) is 0 Å². The SMILES string of the molecule is NC(Cc1nc2ccccc2s1)N1CCN(c2ncc(F)cn2)CC1.